The lowest BCUT2D eigenvalue weighted by molar-refractivity contribution is -0.384. The fourth-order valence-electron chi connectivity index (χ4n) is 2.42. The third kappa shape index (κ3) is 4.16. The van der Waals surface area contributed by atoms with Crippen LogP contribution in [0.4, 0.5) is 5.69 Å². The first kappa shape index (κ1) is 16.7. The van der Waals surface area contributed by atoms with Crippen molar-refractivity contribution in [3.05, 3.63) is 74.8 Å². The van der Waals surface area contributed by atoms with Gasteiger partial charge in [0.05, 0.1) is 4.92 Å². The molecule has 0 heterocycles. The van der Waals surface area contributed by atoms with Gasteiger partial charge in [0.15, 0.2) is 0 Å². The first-order valence-electron chi connectivity index (χ1n) is 7.68. The molecule has 0 saturated carbocycles. The van der Waals surface area contributed by atoms with Crippen molar-refractivity contribution in [1.29, 1.82) is 0 Å². The Morgan fingerprint density at radius 3 is 2.30 bits per heavy atom. The van der Waals surface area contributed by atoms with Crippen LogP contribution in [0.5, 0.6) is 0 Å². The highest BCUT2D eigenvalue weighted by Crippen LogP contribution is 2.15. The van der Waals surface area contributed by atoms with Gasteiger partial charge in [-0.25, -0.2) is 0 Å². The summed E-state index contributed by atoms with van der Waals surface area (Å²) >= 11 is 0. The molecule has 0 saturated heterocycles. The van der Waals surface area contributed by atoms with E-state index in [-0.39, 0.29) is 11.6 Å². The van der Waals surface area contributed by atoms with Crippen LogP contribution >= 0.6 is 0 Å². The van der Waals surface area contributed by atoms with Gasteiger partial charge in [0.2, 0.25) is 0 Å². The van der Waals surface area contributed by atoms with Crippen molar-refractivity contribution >= 4 is 11.6 Å². The van der Waals surface area contributed by atoms with E-state index >= 15 is 0 Å². The first-order chi connectivity index (χ1) is 11.0. The molecule has 0 unspecified atom stereocenters. The molecule has 0 radical (unpaired) electrons. The largest absolute Gasteiger partial charge is 0.348 e. The predicted molar refractivity (Wildman–Crippen MR) is 89.5 cm³/mol. The second kappa shape index (κ2) is 7.54. The number of hydrogen-bond acceptors (Lipinski definition) is 3. The van der Waals surface area contributed by atoms with Gasteiger partial charge in [-0.05, 0) is 41.7 Å². The average molecular weight is 312 g/mol. The molecule has 0 aliphatic rings. The Morgan fingerprint density at radius 1 is 1.04 bits per heavy atom. The number of amides is 1. The van der Waals surface area contributed by atoms with Crippen LogP contribution in [-0.4, -0.2) is 10.8 Å². The zero-order valence-electron chi connectivity index (χ0n) is 13.3. The summed E-state index contributed by atoms with van der Waals surface area (Å²) in [5.74, 6) is -0.233. The lowest BCUT2D eigenvalue weighted by Gasteiger charge is -2.11. The summed E-state index contributed by atoms with van der Waals surface area (Å²) in [7, 11) is 0. The summed E-state index contributed by atoms with van der Waals surface area (Å²) in [6, 6.07) is 11.9. The highest BCUT2D eigenvalue weighted by atomic mass is 16.6. The number of rotatable bonds is 6. The highest BCUT2D eigenvalue weighted by Gasteiger charge is 2.10. The van der Waals surface area contributed by atoms with Crippen molar-refractivity contribution < 1.29 is 9.72 Å². The Labute approximate surface area is 135 Å². The zero-order chi connectivity index (χ0) is 16.8. The van der Waals surface area contributed by atoms with Gasteiger partial charge in [-0.15, -0.1) is 0 Å². The maximum atomic E-state index is 12.2. The van der Waals surface area contributed by atoms with Crippen molar-refractivity contribution in [3.63, 3.8) is 0 Å². The van der Waals surface area contributed by atoms with E-state index in [1.807, 2.05) is 0 Å². The standard InChI is InChI=1S/C18H20N2O3/c1-3-13-5-6-14(4-2)16(11-13)12-19-18(21)15-7-9-17(10-8-15)20(22)23/h5-11H,3-4,12H2,1-2H3,(H,19,21). The van der Waals surface area contributed by atoms with E-state index < -0.39 is 4.92 Å². The summed E-state index contributed by atoms with van der Waals surface area (Å²) in [6.07, 6.45) is 1.86. The van der Waals surface area contributed by atoms with Gasteiger partial charge in [0.1, 0.15) is 0 Å². The molecule has 2 aromatic carbocycles. The van der Waals surface area contributed by atoms with Crippen molar-refractivity contribution in [1.82, 2.24) is 5.32 Å². The molecule has 0 bridgehead atoms. The Morgan fingerprint density at radius 2 is 1.74 bits per heavy atom. The van der Waals surface area contributed by atoms with Crippen molar-refractivity contribution in [2.45, 2.75) is 33.2 Å². The molecule has 0 spiro atoms. The maximum absolute atomic E-state index is 12.2. The lowest BCUT2D eigenvalue weighted by Crippen LogP contribution is -2.23. The molecule has 0 aliphatic heterocycles. The van der Waals surface area contributed by atoms with Gasteiger partial charge < -0.3 is 5.32 Å². The third-order valence-corrected chi connectivity index (χ3v) is 3.84. The van der Waals surface area contributed by atoms with Crippen LogP contribution in [0.1, 0.15) is 40.9 Å². The Hall–Kier alpha value is -2.69. The van der Waals surface area contributed by atoms with Crippen molar-refractivity contribution in [2.75, 3.05) is 0 Å². The summed E-state index contributed by atoms with van der Waals surface area (Å²) in [5, 5.41) is 13.5. The van der Waals surface area contributed by atoms with E-state index in [0.717, 1.165) is 18.4 Å². The number of non-ortho nitro benzene ring substituents is 1. The summed E-state index contributed by atoms with van der Waals surface area (Å²) in [6.45, 7) is 4.63. The Kier molecular flexibility index (Phi) is 5.46. The molecule has 1 amide bonds. The van der Waals surface area contributed by atoms with Gasteiger partial charge in [0.25, 0.3) is 11.6 Å². The van der Waals surface area contributed by atoms with Gasteiger partial charge >= 0.3 is 0 Å². The number of hydrogen-bond donors (Lipinski definition) is 1. The van der Waals surface area contributed by atoms with Crippen LogP contribution in [0.2, 0.25) is 0 Å². The molecule has 5 nitrogen and oxygen atoms in total. The van der Waals surface area contributed by atoms with Crippen LogP contribution in [0, 0.1) is 10.1 Å². The number of nitrogens with zero attached hydrogens (tertiary/aromatic N) is 1. The molecule has 120 valence electrons. The zero-order valence-corrected chi connectivity index (χ0v) is 13.3. The quantitative estimate of drug-likeness (QED) is 0.653. The lowest BCUT2D eigenvalue weighted by atomic mass is 10.0. The number of nitrogens with one attached hydrogen (secondary N) is 1. The fraction of sp³-hybridized carbons (Fsp3) is 0.278. The second-order valence-electron chi connectivity index (χ2n) is 5.30. The van der Waals surface area contributed by atoms with E-state index in [0.29, 0.717) is 12.1 Å². The fourth-order valence-corrected chi connectivity index (χ4v) is 2.42. The van der Waals surface area contributed by atoms with Crippen LogP contribution in [0.25, 0.3) is 0 Å². The first-order valence-corrected chi connectivity index (χ1v) is 7.68. The van der Waals surface area contributed by atoms with E-state index in [4.69, 9.17) is 0 Å². The summed E-state index contributed by atoms with van der Waals surface area (Å²) in [4.78, 5) is 22.3. The van der Waals surface area contributed by atoms with Crippen LogP contribution < -0.4 is 5.32 Å². The molecule has 0 atom stereocenters. The molecule has 5 heteroatoms. The molecule has 1 N–H and O–H groups in total. The molecular formula is C18H20N2O3. The maximum Gasteiger partial charge on any atom is 0.269 e. The minimum atomic E-state index is -0.481. The monoisotopic (exact) mass is 312 g/mol. The topological polar surface area (TPSA) is 72.2 Å². The van der Waals surface area contributed by atoms with Crippen molar-refractivity contribution in [2.24, 2.45) is 0 Å². The number of carbonyl (C=O) groups excluding carboxylic acids is 1. The number of nitro benzene ring substituents is 1. The predicted octanol–water partition coefficient (Wildman–Crippen LogP) is 3.65. The number of carbonyl (C=O) groups is 1. The van der Waals surface area contributed by atoms with Crippen LogP contribution in [0.3, 0.4) is 0 Å². The number of aryl methyl sites for hydroxylation is 2. The molecule has 2 rings (SSSR count). The Balaban J connectivity index is 2.08. The molecule has 2 aromatic rings. The van der Waals surface area contributed by atoms with E-state index in [1.54, 1.807) is 0 Å². The van der Waals surface area contributed by atoms with Crippen LogP contribution in [0.15, 0.2) is 42.5 Å². The second-order valence-corrected chi connectivity index (χ2v) is 5.30. The van der Waals surface area contributed by atoms with E-state index in [1.165, 1.54) is 35.4 Å². The molecule has 0 aliphatic carbocycles. The van der Waals surface area contributed by atoms with Gasteiger partial charge in [-0.2, -0.15) is 0 Å². The van der Waals surface area contributed by atoms with Gasteiger partial charge in [0, 0.05) is 24.2 Å². The summed E-state index contributed by atoms with van der Waals surface area (Å²) < 4.78 is 0. The molecule has 23 heavy (non-hydrogen) atoms. The van der Waals surface area contributed by atoms with E-state index in [2.05, 4.69) is 37.4 Å². The van der Waals surface area contributed by atoms with Gasteiger partial charge in [-0.1, -0.05) is 32.0 Å². The minimum Gasteiger partial charge on any atom is -0.348 e. The molecular weight excluding hydrogens is 292 g/mol. The summed E-state index contributed by atoms with van der Waals surface area (Å²) in [5.41, 5.74) is 3.96. The number of benzene rings is 2. The minimum absolute atomic E-state index is 0.0227. The third-order valence-electron chi connectivity index (χ3n) is 3.84. The average Bonchev–Trinajstić information content (AvgIpc) is 2.59. The smallest absolute Gasteiger partial charge is 0.269 e. The highest BCUT2D eigenvalue weighted by molar-refractivity contribution is 5.94. The van der Waals surface area contributed by atoms with Crippen molar-refractivity contribution in [3.8, 4) is 0 Å². The normalized spacial score (nSPS) is 10.3. The number of nitro groups is 1. The Bertz CT molecular complexity index is 709. The molecule has 0 aromatic heterocycles. The van der Waals surface area contributed by atoms with Gasteiger partial charge in [-0.3, -0.25) is 14.9 Å². The SMILES string of the molecule is CCc1ccc(CC)c(CNC(=O)c2ccc([N+](=O)[O-])cc2)c1. The van der Waals surface area contributed by atoms with Crippen LogP contribution in [-0.2, 0) is 19.4 Å². The van der Waals surface area contributed by atoms with E-state index in [9.17, 15) is 14.9 Å². The molecule has 0 fully saturated rings.